The molecule has 0 bridgehead atoms. The predicted molar refractivity (Wildman–Crippen MR) is 97.6 cm³/mol. The number of thioether (sulfide) groups is 1. The minimum absolute atomic E-state index is 0.156. The number of ether oxygens (including phenoxy) is 1. The Kier molecular flexibility index (Phi) is 7.88. The van der Waals surface area contributed by atoms with Gasteiger partial charge in [0.05, 0.1) is 17.2 Å². The van der Waals surface area contributed by atoms with Crippen LogP contribution in [0.5, 0.6) is 0 Å². The summed E-state index contributed by atoms with van der Waals surface area (Å²) in [4.78, 5) is 24.9. The summed E-state index contributed by atoms with van der Waals surface area (Å²) < 4.78 is 5.31. The minimum atomic E-state index is -0.566. The second-order valence-electron chi connectivity index (χ2n) is 5.76. The van der Waals surface area contributed by atoms with Crippen molar-refractivity contribution in [3.63, 3.8) is 0 Å². The van der Waals surface area contributed by atoms with Crippen LogP contribution in [0.3, 0.4) is 0 Å². The zero-order valence-corrected chi connectivity index (χ0v) is 15.3. The normalized spacial score (nSPS) is 18.2. The summed E-state index contributed by atoms with van der Waals surface area (Å²) in [6.45, 7) is 2.01. The van der Waals surface area contributed by atoms with E-state index in [2.05, 4.69) is 10.6 Å². The van der Waals surface area contributed by atoms with E-state index in [1.165, 1.54) is 0 Å². The monoisotopic (exact) mass is 370 g/mol. The average Bonchev–Trinajstić information content (AvgIpc) is 3.10. The lowest BCUT2D eigenvalue weighted by Gasteiger charge is -2.19. The summed E-state index contributed by atoms with van der Waals surface area (Å²) in [5.41, 5.74) is 0.380. The Morgan fingerprint density at radius 3 is 2.88 bits per heavy atom. The molecule has 2 amide bonds. The molecule has 1 aromatic carbocycles. The van der Waals surface area contributed by atoms with Gasteiger partial charge in [-0.25, -0.2) is 0 Å². The van der Waals surface area contributed by atoms with Crippen LogP contribution in [0.15, 0.2) is 24.3 Å². The average molecular weight is 371 g/mol. The number of nitrogens with one attached hydrogen (secondary N) is 2. The molecule has 1 aliphatic rings. The van der Waals surface area contributed by atoms with E-state index in [0.29, 0.717) is 36.1 Å². The molecule has 1 saturated heterocycles. The molecule has 5 nitrogen and oxygen atoms in total. The van der Waals surface area contributed by atoms with Crippen molar-refractivity contribution in [1.82, 2.24) is 10.6 Å². The van der Waals surface area contributed by atoms with Gasteiger partial charge in [-0.3, -0.25) is 9.59 Å². The van der Waals surface area contributed by atoms with Crippen molar-refractivity contribution in [3.05, 3.63) is 34.9 Å². The van der Waals surface area contributed by atoms with Crippen molar-refractivity contribution in [3.8, 4) is 0 Å². The topological polar surface area (TPSA) is 67.4 Å². The third-order valence-electron chi connectivity index (χ3n) is 3.94. The molecule has 0 aliphatic carbocycles. The SMILES string of the molecule is CSCCC(NC(=O)c1ccccc1Cl)C(=O)NCC1CCOC1. The highest BCUT2D eigenvalue weighted by Gasteiger charge is 2.23. The molecule has 1 aromatic rings. The lowest BCUT2D eigenvalue weighted by atomic mass is 10.1. The van der Waals surface area contributed by atoms with Crippen LogP contribution in [0.4, 0.5) is 0 Å². The van der Waals surface area contributed by atoms with Gasteiger partial charge in [0.1, 0.15) is 6.04 Å². The molecular formula is C17H23ClN2O3S. The third-order valence-corrected chi connectivity index (χ3v) is 4.91. The van der Waals surface area contributed by atoms with E-state index in [-0.39, 0.29) is 11.8 Å². The molecule has 0 spiro atoms. The summed E-state index contributed by atoms with van der Waals surface area (Å²) in [5, 5.41) is 6.11. The molecule has 0 radical (unpaired) electrons. The lowest BCUT2D eigenvalue weighted by molar-refractivity contribution is -0.123. The van der Waals surface area contributed by atoms with Crippen LogP contribution in [0.2, 0.25) is 5.02 Å². The fourth-order valence-corrected chi connectivity index (χ4v) is 3.19. The van der Waals surface area contributed by atoms with Gasteiger partial charge in [-0.05, 0) is 37.0 Å². The molecule has 0 aromatic heterocycles. The molecule has 2 atom stereocenters. The first-order valence-corrected chi connectivity index (χ1v) is 9.78. The third kappa shape index (κ3) is 5.69. The van der Waals surface area contributed by atoms with Crippen molar-refractivity contribution < 1.29 is 14.3 Å². The Morgan fingerprint density at radius 2 is 2.21 bits per heavy atom. The molecule has 2 unspecified atom stereocenters. The second kappa shape index (κ2) is 9.91. The van der Waals surface area contributed by atoms with Crippen LogP contribution >= 0.6 is 23.4 Å². The van der Waals surface area contributed by atoms with E-state index >= 15 is 0 Å². The molecule has 7 heteroatoms. The zero-order valence-electron chi connectivity index (χ0n) is 13.7. The molecule has 0 saturated carbocycles. The predicted octanol–water partition coefficient (Wildman–Crippen LogP) is 2.34. The molecule has 132 valence electrons. The van der Waals surface area contributed by atoms with Crippen molar-refractivity contribution >= 4 is 35.2 Å². The van der Waals surface area contributed by atoms with Gasteiger partial charge in [0.25, 0.3) is 5.91 Å². The first kappa shape index (κ1) is 19.1. The number of benzene rings is 1. The van der Waals surface area contributed by atoms with Crippen LogP contribution in [0.25, 0.3) is 0 Å². The summed E-state index contributed by atoms with van der Waals surface area (Å²) in [6, 6.07) is 6.26. The van der Waals surface area contributed by atoms with Crippen molar-refractivity contribution in [2.75, 3.05) is 31.8 Å². The van der Waals surface area contributed by atoms with Gasteiger partial charge in [-0.1, -0.05) is 23.7 Å². The molecule has 2 rings (SSSR count). The summed E-state index contributed by atoms with van der Waals surface area (Å²) >= 11 is 7.69. The number of carbonyl (C=O) groups excluding carboxylic acids is 2. The van der Waals surface area contributed by atoms with Gasteiger partial charge in [-0.2, -0.15) is 11.8 Å². The lowest BCUT2D eigenvalue weighted by Crippen LogP contribution is -2.48. The zero-order chi connectivity index (χ0) is 17.4. The van der Waals surface area contributed by atoms with Crippen molar-refractivity contribution in [1.29, 1.82) is 0 Å². The van der Waals surface area contributed by atoms with Gasteiger partial charge < -0.3 is 15.4 Å². The van der Waals surface area contributed by atoms with Crippen LogP contribution < -0.4 is 10.6 Å². The molecular weight excluding hydrogens is 348 g/mol. The molecule has 2 N–H and O–H groups in total. The minimum Gasteiger partial charge on any atom is -0.381 e. The fraction of sp³-hybridized carbons (Fsp3) is 0.529. The molecule has 1 aliphatic heterocycles. The van der Waals surface area contributed by atoms with Crippen LogP contribution in [0.1, 0.15) is 23.2 Å². The number of hydrogen-bond donors (Lipinski definition) is 2. The van der Waals surface area contributed by atoms with E-state index in [1.807, 2.05) is 6.26 Å². The number of carbonyl (C=O) groups is 2. The van der Waals surface area contributed by atoms with Gasteiger partial charge >= 0.3 is 0 Å². The molecule has 1 heterocycles. The highest BCUT2D eigenvalue weighted by molar-refractivity contribution is 7.98. The van der Waals surface area contributed by atoms with Crippen LogP contribution in [0, 0.1) is 5.92 Å². The maximum absolute atomic E-state index is 12.4. The Labute approximate surface area is 151 Å². The maximum Gasteiger partial charge on any atom is 0.253 e. The second-order valence-corrected chi connectivity index (χ2v) is 7.15. The smallest absolute Gasteiger partial charge is 0.253 e. The number of rotatable bonds is 8. The standard InChI is InChI=1S/C17H23ClN2O3S/c1-24-9-7-15(17(22)19-10-12-6-8-23-11-12)20-16(21)13-4-2-3-5-14(13)18/h2-5,12,15H,6-11H2,1H3,(H,19,22)(H,20,21). The summed E-state index contributed by atoms with van der Waals surface area (Å²) in [6.07, 6.45) is 3.51. The van der Waals surface area contributed by atoms with E-state index < -0.39 is 6.04 Å². The Bertz CT molecular complexity index is 565. The van der Waals surface area contributed by atoms with E-state index in [1.54, 1.807) is 36.0 Å². The maximum atomic E-state index is 12.4. The Morgan fingerprint density at radius 1 is 1.42 bits per heavy atom. The Balaban J connectivity index is 1.94. The first-order chi connectivity index (χ1) is 11.6. The quantitative estimate of drug-likeness (QED) is 0.737. The van der Waals surface area contributed by atoms with Crippen molar-refractivity contribution in [2.24, 2.45) is 5.92 Å². The number of halogens is 1. The first-order valence-electron chi connectivity index (χ1n) is 8.01. The van der Waals surface area contributed by atoms with Gasteiger partial charge in [0.15, 0.2) is 0 Å². The largest absolute Gasteiger partial charge is 0.381 e. The van der Waals surface area contributed by atoms with Gasteiger partial charge in [-0.15, -0.1) is 0 Å². The van der Waals surface area contributed by atoms with Gasteiger partial charge in [0.2, 0.25) is 5.91 Å². The fourth-order valence-electron chi connectivity index (χ4n) is 2.50. The molecule has 24 heavy (non-hydrogen) atoms. The van der Waals surface area contributed by atoms with Crippen molar-refractivity contribution in [2.45, 2.75) is 18.9 Å². The number of hydrogen-bond acceptors (Lipinski definition) is 4. The highest BCUT2D eigenvalue weighted by atomic mass is 35.5. The van der Waals surface area contributed by atoms with E-state index in [4.69, 9.17) is 16.3 Å². The Hall–Kier alpha value is -1.24. The van der Waals surface area contributed by atoms with E-state index in [9.17, 15) is 9.59 Å². The van der Waals surface area contributed by atoms with Crippen LogP contribution in [-0.4, -0.2) is 49.6 Å². The molecule has 1 fully saturated rings. The highest BCUT2D eigenvalue weighted by Crippen LogP contribution is 2.15. The summed E-state index contributed by atoms with van der Waals surface area (Å²) in [5.74, 6) is 0.657. The number of amides is 2. The summed E-state index contributed by atoms with van der Waals surface area (Å²) in [7, 11) is 0. The van der Waals surface area contributed by atoms with Crippen LogP contribution in [-0.2, 0) is 9.53 Å². The van der Waals surface area contributed by atoms with E-state index in [0.717, 1.165) is 18.8 Å². The van der Waals surface area contributed by atoms with Gasteiger partial charge in [0, 0.05) is 19.1 Å².